The average Bonchev–Trinajstić information content (AvgIpc) is 3.18. The smallest absolute Gasteiger partial charge is 0.0618 e. The number of para-hydroxylation sites is 1. The van der Waals surface area contributed by atoms with Crippen molar-refractivity contribution in [3.63, 3.8) is 0 Å². The fourth-order valence-electron chi connectivity index (χ4n) is 7.81. The maximum atomic E-state index is 2.42. The van der Waals surface area contributed by atoms with Gasteiger partial charge in [-0.3, -0.25) is 0 Å². The standard InChI is InChI=1S/C51H46N2/c1-36(2)34-48(51(3,4)5)38-26-28-42(29-27-38)52(49-25-15-19-37-16-9-12-22-45(37)49)43-30-32-44(33-31-43)53(41-20-7-6-8-21-41)50-46-23-13-10-17-39(46)35-40-18-11-14-24-47(40)50/h6-35,48H,1-5H3. The normalized spacial score (nSPS) is 12.2. The molecule has 0 saturated carbocycles. The van der Waals surface area contributed by atoms with Gasteiger partial charge in [0, 0.05) is 44.8 Å². The number of nitrogens with zero attached hydrogens (tertiary/aromatic N) is 2. The first kappa shape index (κ1) is 34.0. The van der Waals surface area contributed by atoms with E-state index in [0.29, 0.717) is 5.92 Å². The zero-order valence-corrected chi connectivity index (χ0v) is 31.3. The number of allylic oxidation sites excluding steroid dienone is 2. The summed E-state index contributed by atoms with van der Waals surface area (Å²) in [5.74, 6) is 0.320. The van der Waals surface area contributed by atoms with Crippen molar-refractivity contribution in [1.29, 1.82) is 0 Å². The first-order valence-electron chi connectivity index (χ1n) is 18.6. The Balaban J connectivity index is 1.29. The summed E-state index contributed by atoms with van der Waals surface area (Å²) < 4.78 is 0. The van der Waals surface area contributed by atoms with E-state index in [0.717, 1.165) is 28.4 Å². The fourth-order valence-corrected chi connectivity index (χ4v) is 7.81. The van der Waals surface area contributed by atoms with E-state index in [9.17, 15) is 0 Å². The minimum Gasteiger partial charge on any atom is -0.310 e. The summed E-state index contributed by atoms with van der Waals surface area (Å²) in [6.07, 6.45) is 2.41. The van der Waals surface area contributed by atoms with Gasteiger partial charge in [0.25, 0.3) is 0 Å². The molecule has 1 atom stereocenters. The van der Waals surface area contributed by atoms with Crippen molar-refractivity contribution in [2.24, 2.45) is 5.41 Å². The molecule has 0 amide bonds. The van der Waals surface area contributed by atoms with E-state index in [-0.39, 0.29) is 5.41 Å². The first-order valence-corrected chi connectivity index (χ1v) is 18.6. The highest BCUT2D eigenvalue weighted by Crippen LogP contribution is 2.46. The molecule has 260 valence electrons. The molecule has 0 aliphatic carbocycles. The Labute approximate surface area is 314 Å². The van der Waals surface area contributed by atoms with E-state index in [4.69, 9.17) is 0 Å². The number of hydrogen-bond donors (Lipinski definition) is 0. The molecule has 0 heterocycles. The number of hydrogen-bond acceptors (Lipinski definition) is 2. The molecule has 8 rings (SSSR count). The van der Waals surface area contributed by atoms with Crippen LogP contribution in [0, 0.1) is 5.41 Å². The van der Waals surface area contributed by atoms with Crippen LogP contribution in [-0.2, 0) is 0 Å². The monoisotopic (exact) mass is 686 g/mol. The molecule has 0 N–H and O–H groups in total. The first-order chi connectivity index (χ1) is 25.8. The molecule has 8 aromatic carbocycles. The highest BCUT2D eigenvalue weighted by atomic mass is 15.2. The van der Waals surface area contributed by atoms with Crippen LogP contribution in [0.15, 0.2) is 188 Å². The summed E-state index contributed by atoms with van der Waals surface area (Å²) >= 11 is 0. The van der Waals surface area contributed by atoms with Crippen molar-refractivity contribution in [3.05, 3.63) is 193 Å². The molecule has 0 spiro atoms. The lowest BCUT2D eigenvalue weighted by molar-refractivity contribution is 0.365. The van der Waals surface area contributed by atoms with Crippen molar-refractivity contribution >= 4 is 66.4 Å². The van der Waals surface area contributed by atoms with Gasteiger partial charge < -0.3 is 9.80 Å². The fraction of sp³-hybridized carbons (Fsp3) is 0.137. The third-order valence-corrected chi connectivity index (χ3v) is 10.3. The van der Waals surface area contributed by atoms with Crippen LogP contribution < -0.4 is 9.80 Å². The van der Waals surface area contributed by atoms with Gasteiger partial charge in [0.05, 0.1) is 11.4 Å². The van der Waals surface area contributed by atoms with Gasteiger partial charge in [-0.15, -0.1) is 0 Å². The van der Waals surface area contributed by atoms with Gasteiger partial charge >= 0.3 is 0 Å². The molecule has 0 aliphatic rings. The SMILES string of the molecule is CC(C)=CC(c1ccc(N(c2ccc(N(c3ccccc3)c3c4ccccc4cc4ccccc34)cc2)c2cccc3ccccc23)cc1)C(C)(C)C. The van der Waals surface area contributed by atoms with E-state index in [2.05, 4.69) is 226 Å². The summed E-state index contributed by atoms with van der Waals surface area (Å²) in [4.78, 5) is 4.82. The lowest BCUT2D eigenvalue weighted by Crippen LogP contribution is -2.17. The van der Waals surface area contributed by atoms with Gasteiger partial charge in [0.1, 0.15) is 0 Å². The van der Waals surface area contributed by atoms with Crippen molar-refractivity contribution < 1.29 is 0 Å². The van der Waals surface area contributed by atoms with Crippen molar-refractivity contribution in [2.45, 2.75) is 40.5 Å². The molecule has 8 aromatic rings. The highest BCUT2D eigenvalue weighted by molar-refractivity contribution is 6.14. The highest BCUT2D eigenvalue weighted by Gasteiger charge is 2.25. The summed E-state index contributed by atoms with van der Waals surface area (Å²) in [6, 6.07) is 64.1. The van der Waals surface area contributed by atoms with Gasteiger partial charge in [-0.1, -0.05) is 148 Å². The Kier molecular flexibility index (Phi) is 9.06. The van der Waals surface area contributed by atoms with Crippen molar-refractivity contribution in [2.75, 3.05) is 9.80 Å². The third-order valence-electron chi connectivity index (χ3n) is 10.3. The lowest BCUT2D eigenvalue weighted by Gasteiger charge is -2.31. The van der Waals surface area contributed by atoms with Crippen LogP contribution in [0.25, 0.3) is 32.3 Å². The summed E-state index contributed by atoms with van der Waals surface area (Å²) in [6.45, 7) is 11.4. The zero-order valence-electron chi connectivity index (χ0n) is 31.3. The number of benzene rings is 8. The van der Waals surface area contributed by atoms with Crippen LogP contribution in [-0.4, -0.2) is 0 Å². The second-order valence-corrected chi connectivity index (χ2v) is 15.4. The van der Waals surface area contributed by atoms with Gasteiger partial charge in [0.2, 0.25) is 0 Å². The second-order valence-electron chi connectivity index (χ2n) is 15.4. The predicted octanol–water partition coefficient (Wildman–Crippen LogP) is 15.2. The van der Waals surface area contributed by atoms with E-state index in [1.165, 1.54) is 49.1 Å². The number of anilines is 6. The molecule has 0 bridgehead atoms. The van der Waals surface area contributed by atoms with E-state index in [1.807, 2.05) is 0 Å². The molecular weight excluding hydrogens is 641 g/mol. The molecule has 2 heteroatoms. The molecule has 0 saturated heterocycles. The quantitative estimate of drug-likeness (QED) is 0.116. The van der Waals surface area contributed by atoms with Crippen molar-refractivity contribution in [3.8, 4) is 0 Å². The molecule has 0 aromatic heterocycles. The van der Waals surface area contributed by atoms with Crippen LogP contribution in [0.1, 0.15) is 46.1 Å². The van der Waals surface area contributed by atoms with Crippen LogP contribution in [0.4, 0.5) is 34.1 Å². The summed E-state index contributed by atoms with van der Waals surface area (Å²) in [7, 11) is 0. The average molecular weight is 687 g/mol. The van der Waals surface area contributed by atoms with Gasteiger partial charge in [-0.05, 0) is 102 Å². The topological polar surface area (TPSA) is 6.48 Å². The Morgan fingerprint density at radius 2 is 0.906 bits per heavy atom. The van der Waals surface area contributed by atoms with Crippen molar-refractivity contribution in [1.82, 2.24) is 0 Å². The van der Waals surface area contributed by atoms with Crippen LogP contribution in [0.3, 0.4) is 0 Å². The zero-order chi connectivity index (χ0) is 36.5. The molecule has 0 aliphatic heterocycles. The largest absolute Gasteiger partial charge is 0.310 e. The van der Waals surface area contributed by atoms with Crippen LogP contribution >= 0.6 is 0 Å². The number of rotatable bonds is 8. The van der Waals surface area contributed by atoms with Crippen LogP contribution in [0.2, 0.25) is 0 Å². The third kappa shape index (κ3) is 6.69. The molecule has 2 nitrogen and oxygen atoms in total. The Morgan fingerprint density at radius 1 is 0.453 bits per heavy atom. The van der Waals surface area contributed by atoms with E-state index >= 15 is 0 Å². The molecular formula is C51H46N2. The van der Waals surface area contributed by atoms with Gasteiger partial charge in [0.15, 0.2) is 0 Å². The predicted molar refractivity (Wildman–Crippen MR) is 230 cm³/mol. The van der Waals surface area contributed by atoms with E-state index in [1.54, 1.807) is 0 Å². The number of fused-ring (bicyclic) bond motifs is 3. The van der Waals surface area contributed by atoms with E-state index < -0.39 is 0 Å². The minimum atomic E-state index is 0.101. The molecule has 0 fully saturated rings. The lowest BCUT2D eigenvalue weighted by atomic mass is 9.75. The minimum absolute atomic E-state index is 0.101. The Bertz CT molecular complexity index is 2490. The maximum Gasteiger partial charge on any atom is 0.0618 e. The Hall–Kier alpha value is -6.12. The molecule has 53 heavy (non-hydrogen) atoms. The molecule has 1 unspecified atom stereocenters. The van der Waals surface area contributed by atoms with Gasteiger partial charge in [-0.25, -0.2) is 0 Å². The van der Waals surface area contributed by atoms with Gasteiger partial charge in [-0.2, -0.15) is 0 Å². The Morgan fingerprint density at radius 3 is 1.47 bits per heavy atom. The second kappa shape index (κ2) is 14.1. The van der Waals surface area contributed by atoms with Crippen LogP contribution in [0.5, 0.6) is 0 Å². The summed E-state index contributed by atoms with van der Waals surface area (Å²) in [5, 5.41) is 7.33. The summed E-state index contributed by atoms with van der Waals surface area (Å²) in [5.41, 5.74) is 9.56. The molecule has 0 radical (unpaired) electrons. The maximum absolute atomic E-state index is 2.42.